The third kappa shape index (κ3) is 3.64. The first kappa shape index (κ1) is 15.1. The summed E-state index contributed by atoms with van der Waals surface area (Å²) in [6.07, 6.45) is 0. The monoisotopic (exact) mass is 325 g/mol. The van der Waals surface area contributed by atoms with Gasteiger partial charge < -0.3 is 15.7 Å². The molecular formula is C12H11N3O4S2. The van der Waals surface area contributed by atoms with Crippen LogP contribution in [0.15, 0.2) is 11.4 Å². The fraction of sp³-hybridized carbons (Fsp3) is 0.167. The lowest BCUT2D eigenvalue weighted by Crippen LogP contribution is -2.12. The van der Waals surface area contributed by atoms with Gasteiger partial charge in [-0.3, -0.25) is 9.59 Å². The van der Waals surface area contributed by atoms with Crippen molar-refractivity contribution in [3.05, 3.63) is 27.6 Å². The molecule has 2 rings (SSSR count). The summed E-state index contributed by atoms with van der Waals surface area (Å²) in [7, 11) is 0. The van der Waals surface area contributed by atoms with E-state index in [1.807, 2.05) is 0 Å². The minimum Gasteiger partial charge on any atom is -0.477 e. The van der Waals surface area contributed by atoms with Crippen molar-refractivity contribution < 1.29 is 19.5 Å². The summed E-state index contributed by atoms with van der Waals surface area (Å²) in [5, 5.41) is 16.3. The van der Waals surface area contributed by atoms with E-state index in [1.165, 1.54) is 12.3 Å². The number of carboxylic acids is 1. The van der Waals surface area contributed by atoms with Gasteiger partial charge in [-0.25, -0.2) is 9.78 Å². The van der Waals surface area contributed by atoms with Crippen LogP contribution in [0.1, 0.15) is 32.6 Å². The molecule has 0 atom stereocenters. The van der Waals surface area contributed by atoms with Crippen molar-refractivity contribution in [1.29, 1.82) is 0 Å². The van der Waals surface area contributed by atoms with Crippen LogP contribution < -0.4 is 10.6 Å². The second-order valence-corrected chi connectivity index (χ2v) is 6.01. The van der Waals surface area contributed by atoms with Gasteiger partial charge in [-0.1, -0.05) is 0 Å². The first-order valence-corrected chi connectivity index (χ1v) is 7.44. The molecule has 2 aromatic rings. The van der Waals surface area contributed by atoms with Crippen molar-refractivity contribution in [3.8, 4) is 0 Å². The molecule has 9 heteroatoms. The highest BCUT2D eigenvalue weighted by molar-refractivity contribution is 7.18. The number of thiazole rings is 1. The van der Waals surface area contributed by atoms with Crippen LogP contribution in [0.25, 0.3) is 0 Å². The van der Waals surface area contributed by atoms with Gasteiger partial charge in [-0.2, -0.15) is 0 Å². The van der Waals surface area contributed by atoms with E-state index in [0.29, 0.717) is 15.7 Å². The Balaban J connectivity index is 2.11. The summed E-state index contributed by atoms with van der Waals surface area (Å²) in [5.74, 6) is -1.75. The van der Waals surface area contributed by atoms with Gasteiger partial charge in [0.25, 0.3) is 5.91 Å². The van der Waals surface area contributed by atoms with E-state index >= 15 is 0 Å². The van der Waals surface area contributed by atoms with E-state index in [9.17, 15) is 14.4 Å². The van der Waals surface area contributed by atoms with Crippen LogP contribution in [-0.2, 0) is 4.79 Å². The van der Waals surface area contributed by atoms with Crippen molar-refractivity contribution in [2.75, 3.05) is 10.6 Å². The molecule has 2 heterocycles. The number of hydrogen-bond donors (Lipinski definition) is 3. The molecule has 7 nitrogen and oxygen atoms in total. The smallest absolute Gasteiger partial charge is 0.346 e. The molecule has 0 aromatic carbocycles. The summed E-state index contributed by atoms with van der Waals surface area (Å²) >= 11 is 2.12. The molecule has 0 aliphatic rings. The van der Waals surface area contributed by atoms with Crippen molar-refractivity contribution >= 4 is 50.6 Å². The maximum absolute atomic E-state index is 12.0. The van der Waals surface area contributed by atoms with Gasteiger partial charge in [0.1, 0.15) is 10.6 Å². The molecule has 21 heavy (non-hydrogen) atoms. The summed E-state index contributed by atoms with van der Waals surface area (Å²) in [6, 6.07) is 1.59. The van der Waals surface area contributed by atoms with Gasteiger partial charge in [-0.15, -0.1) is 22.7 Å². The lowest BCUT2D eigenvalue weighted by Gasteiger charge is -1.98. The molecule has 3 N–H and O–H groups in total. The lowest BCUT2D eigenvalue weighted by atomic mass is 10.3. The molecule has 110 valence electrons. The first-order valence-electron chi connectivity index (χ1n) is 5.75. The average Bonchev–Trinajstić information content (AvgIpc) is 2.95. The number of aromatic nitrogens is 1. The van der Waals surface area contributed by atoms with Crippen molar-refractivity contribution in [2.24, 2.45) is 0 Å². The van der Waals surface area contributed by atoms with Crippen molar-refractivity contribution in [1.82, 2.24) is 4.98 Å². The molecule has 0 spiro atoms. The van der Waals surface area contributed by atoms with E-state index in [4.69, 9.17) is 5.11 Å². The third-order valence-electron chi connectivity index (χ3n) is 2.37. The highest BCUT2D eigenvalue weighted by Crippen LogP contribution is 2.27. The fourth-order valence-corrected chi connectivity index (χ4v) is 3.16. The second-order valence-electron chi connectivity index (χ2n) is 4.10. The number of rotatable bonds is 4. The number of aromatic carboxylic acids is 1. The molecule has 0 fully saturated rings. The summed E-state index contributed by atoms with van der Waals surface area (Å²) in [4.78, 5) is 38.0. The predicted octanol–water partition coefficient (Wildman–Crippen LogP) is 2.42. The Morgan fingerprint density at radius 3 is 2.57 bits per heavy atom. The molecule has 0 saturated carbocycles. The van der Waals surface area contributed by atoms with Crippen LogP contribution >= 0.6 is 22.7 Å². The summed E-state index contributed by atoms with van der Waals surface area (Å²) < 4.78 is 0. The van der Waals surface area contributed by atoms with Gasteiger partial charge >= 0.3 is 5.97 Å². The third-order valence-corrected chi connectivity index (χ3v) is 4.27. The Morgan fingerprint density at radius 2 is 2.00 bits per heavy atom. The van der Waals surface area contributed by atoms with Gasteiger partial charge in [0.05, 0.1) is 5.00 Å². The van der Waals surface area contributed by atoms with Gasteiger partial charge in [0.15, 0.2) is 5.13 Å². The van der Waals surface area contributed by atoms with Crippen molar-refractivity contribution in [3.63, 3.8) is 0 Å². The number of aryl methyl sites for hydroxylation is 1. The number of amides is 2. The zero-order valence-corrected chi connectivity index (χ0v) is 12.7. The Hall–Kier alpha value is -2.26. The second kappa shape index (κ2) is 6.02. The number of carbonyl (C=O) groups excluding carboxylic acids is 2. The Kier molecular flexibility index (Phi) is 4.34. The molecule has 2 amide bonds. The highest BCUT2D eigenvalue weighted by Gasteiger charge is 2.16. The Morgan fingerprint density at radius 1 is 1.29 bits per heavy atom. The number of thiophene rings is 1. The number of carbonyl (C=O) groups is 3. The molecule has 0 unspecified atom stereocenters. The molecule has 0 bridgehead atoms. The van der Waals surface area contributed by atoms with Crippen LogP contribution in [-0.4, -0.2) is 27.9 Å². The Bertz CT molecular complexity index is 720. The Labute approximate surface area is 127 Å². The van der Waals surface area contributed by atoms with Crippen LogP contribution in [0, 0.1) is 6.92 Å². The zero-order valence-electron chi connectivity index (χ0n) is 11.1. The summed E-state index contributed by atoms with van der Waals surface area (Å²) in [5.41, 5.74) is 0.742. The lowest BCUT2D eigenvalue weighted by molar-refractivity contribution is -0.114. The molecule has 0 aliphatic heterocycles. The minimum atomic E-state index is -1.03. The van der Waals surface area contributed by atoms with Gasteiger partial charge in [0, 0.05) is 12.3 Å². The topological polar surface area (TPSA) is 108 Å². The molecule has 0 radical (unpaired) electrons. The number of carboxylic acid groups (broad SMARTS) is 1. The quantitative estimate of drug-likeness (QED) is 0.800. The van der Waals surface area contributed by atoms with Crippen LogP contribution in [0.4, 0.5) is 10.1 Å². The number of nitrogens with one attached hydrogen (secondary N) is 2. The number of anilines is 2. The predicted molar refractivity (Wildman–Crippen MR) is 80.4 cm³/mol. The highest BCUT2D eigenvalue weighted by atomic mass is 32.1. The molecule has 0 saturated heterocycles. The van der Waals surface area contributed by atoms with Crippen LogP contribution in [0.3, 0.4) is 0 Å². The van der Waals surface area contributed by atoms with E-state index in [2.05, 4.69) is 15.6 Å². The zero-order chi connectivity index (χ0) is 15.6. The number of hydrogen-bond acceptors (Lipinski definition) is 6. The van der Waals surface area contributed by atoms with Crippen LogP contribution in [0.5, 0.6) is 0 Å². The van der Waals surface area contributed by atoms with E-state index in [1.54, 1.807) is 13.0 Å². The molecule has 0 aliphatic carbocycles. The van der Waals surface area contributed by atoms with E-state index < -0.39 is 11.9 Å². The maximum Gasteiger partial charge on any atom is 0.346 e. The molecular weight excluding hydrogens is 314 g/mol. The van der Waals surface area contributed by atoms with Crippen molar-refractivity contribution in [2.45, 2.75) is 13.8 Å². The fourth-order valence-electron chi connectivity index (χ4n) is 1.52. The number of nitrogens with zero attached hydrogens (tertiary/aromatic N) is 1. The van der Waals surface area contributed by atoms with E-state index in [0.717, 1.165) is 22.7 Å². The maximum atomic E-state index is 12.0. The van der Waals surface area contributed by atoms with Crippen LogP contribution in [0.2, 0.25) is 0 Å². The van der Waals surface area contributed by atoms with E-state index in [-0.39, 0.29) is 16.5 Å². The first-order chi connectivity index (χ1) is 9.86. The molecule has 2 aromatic heterocycles. The normalized spacial score (nSPS) is 10.2. The van der Waals surface area contributed by atoms with Gasteiger partial charge in [0.2, 0.25) is 5.91 Å². The average molecular weight is 325 g/mol. The summed E-state index contributed by atoms with van der Waals surface area (Å²) in [6.45, 7) is 3.01. The largest absolute Gasteiger partial charge is 0.477 e. The minimum absolute atomic E-state index is 0.159. The standard InChI is InChI=1S/C12H11N3O4S2/c1-5-3-8(21-9(5)11(18)19)15-10(17)7-4-20-12(14-7)13-6(2)16/h3-4H,1-2H3,(H,15,17)(H,18,19)(H,13,14,16). The SMILES string of the molecule is CC(=O)Nc1nc(C(=O)Nc2cc(C)c(C(=O)O)s2)cs1. The van der Waals surface area contributed by atoms with Gasteiger partial charge in [-0.05, 0) is 18.6 Å².